The Hall–Kier alpha value is -0.970. The SMILES string of the molecule is CCCc1nc(Cl)c(C)c(NCC(F)F)n1. The maximum Gasteiger partial charge on any atom is 0.255 e. The monoisotopic (exact) mass is 249 g/mol. The number of aryl methyl sites for hydroxylation is 1. The molecule has 6 heteroatoms. The van der Waals surface area contributed by atoms with Crippen molar-refractivity contribution in [2.75, 3.05) is 11.9 Å². The van der Waals surface area contributed by atoms with E-state index in [2.05, 4.69) is 15.3 Å². The third-order valence-corrected chi connectivity index (χ3v) is 2.40. The summed E-state index contributed by atoms with van der Waals surface area (Å²) in [6, 6.07) is 0. The summed E-state index contributed by atoms with van der Waals surface area (Å²) in [5.41, 5.74) is 0.599. The summed E-state index contributed by atoms with van der Waals surface area (Å²) in [6.45, 7) is 3.26. The zero-order valence-corrected chi connectivity index (χ0v) is 9.98. The summed E-state index contributed by atoms with van der Waals surface area (Å²) in [6.07, 6.45) is -0.848. The normalized spacial score (nSPS) is 10.9. The van der Waals surface area contributed by atoms with Crippen molar-refractivity contribution >= 4 is 17.4 Å². The first-order valence-corrected chi connectivity index (χ1v) is 5.47. The number of alkyl halides is 2. The van der Waals surface area contributed by atoms with Gasteiger partial charge in [0, 0.05) is 12.0 Å². The predicted molar refractivity (Wildman–Crippen MR) is 60.3 cm³/mol. The summed E-state index contributed by atoms with van der Waals surface area (Å²) < 4.78 is 24.1. The lowest BCUT2D eigenvalue weighted by molar-refractivity contribution is 0.163. The minimum atomic E-state index is -2.41. The van der Waals surface area contributed by atoms with E-state index in [0.717, 1.165) is 6.42 Å². The molecule has 0 atom stereocenters. The fraction of sp³-hybridized carbons (Fsp3) is 0.600. The molecule has 90 valence electrons. The van der Waals surface area contributed by atoms with Crippen LogP contribution in [-0.4, -0.2) is 22.9 Å². The van der Waals surface area contributed by atoms with Gasteiger partial charge in [0.05, 0.1) is 6.54 Å². The molecule has 0 radical (unpaired) electrons. The van der Waals surface area contributed by atoms with Crippen molar-refractivity contribution in [3.63, 3.8) is 0 Å². The van der Waals surface area contributed by atoms with Crippen molar-refractivity contribution < 1.29 is 8.78 Å². The number of aromatic nitrogens is 2. The Bertz CT molecular complexity index is 358. The minimum absolute atomic E-state index is 0.315. The second kappa shape index (κ2) is 5.94. The first-order chi connectivity index (χ1) is 7.54. The van der Waals surface area contributed by atoms with Crippen LogP contribution >= 0.6 is 11.6 Å². The molecular formula is C10H14ClF2N3. The van der Waals surface area contributed by atoms with E-state index in [9.17, 15) is 8.78 Å². The van der Waals surface area contributed by atoms with Crippen molar-refractivity contribution in [3.8, 4) is 0 Å². The maximum absolute atomic E-state index is 12.1. The van der Waals surface area contributed by atoms with E-state index in [-0.39, 0.29) is 0 Å². The van der Waals surface area contributed by atoms with Crippen LogP contribution < -0.4 is 5.32 Å². The molecule has 0 amide bonds. The maximum atomic E-state index is 12.1. The smallest absolute Gasteiger partial charge is 0.255 e. The Morgan fingerprint density at radius 1 is 1.38 bits per heavy atom. The van der Waals surface area contributed by atoms with E-state index < -0.39 is 13.0 Å². The molecule has 1 N–H and O–H groups in total. The van der Waals surface area contributed by atoms with Crippen LogP contribution in [0.25, 0.3) is 0 Å². The molecular weight excluding hydrogens is 236 g/mol. The van der Waals surface area contributed by atoms with E-state index in [0.29, 0.717) is 28.8 Å². The summed E-state index contributed by atoms with van der Waals surface area (Å²) in [5, 5.41) is 2.88. The lowest BCUT2D eigenvalue weighted by Crippen LogP contribution is -2.14. The lowest BCUT2D eigenvalue weighted by atomic mass is 10.3. The number of nitrogens with one attached hydrogen (secondary N) is 1. The molecule has 0 saturated carbocycles. The van der Waals surface area contributed by atoms with Crippen LogP contribution in [-0.2, 0) is 6.42 Å². The summed E-state index contributed by atoms with van der Waals surface area (Å²) in [4.78, 5) is 8.23. The largest absolute Gasteiger partial charge is 0.364 e. The number of hydrogen-bond donors (Lipinski definition) is 1. The first-order valence-electron chi connectivity index (χ1n) is 5.09. The average molecular weight is 250 g/mol. The van der Waals surface area contributed by atoms with Gasteiger partial charge in [-0.1, -0.05) is 18.5 Å². The molecule has 0 aliphatic carbocycles. The zero-order chi connectivity index (χ0) is 12.1. The second-order valence-electron chi connectivity index (χ2n) is 3.43. The van der Waals surface area contributed by atoms with Crippen molar-refractivity contribution in [1.82, 2.24) is 9.97 Å². The summed E-state index contributed by atoms with van der Waals surface area (Å²) in [7, 11) is 0. The van der Waals surface area contributed by atoms with Gasteiger partial charge in [-0.15, -0.1) is 0 Å². The van der Waals surface area contributed by atoms with Gasteiger partial charge in [-0.2, -0.15) is 0 Å². The first kappa shape index (κ1) is 13.1. The van der Waals surface area contributed by atoms with E-state index in [1.54, 1.807) is 6.92 Å². The molecule has 0 aliphatic heterocycles. The van der Waals surface area contributed by atoms with Crippen LogP contribution in [0.3, 0.4) is 0 Å². The third-order valence-electron chi connectivity index (χ3n) is 2.03. The number of rotatable bonds is 5. The van der Waals surface area contributed by atoms with Crippen LogP contribution in [0.15, 0.2) is 0 Å². The van der Waals surface area contributed by atoms with Crippen LogP contribution in [0.2, 0.25) is 5.15 Å². The Morgan fingerprint density at radius 2 is 2.06 bits per heavy atom. The fourth-order valence-corrected chi connectivity index (χ4v) is 1.40. The van der Waals surface area contributed by atoms with Gasteiger partial charge in [0.25, 0.3) is 6.43 Å². The van der Waals surface area contributed by atoms with E-state index >= 15 is 0 Å². The number of nitrogens with zero attached hydrogens (tertiary/aromatic N) is 2. The second-order valence-corrected chi connectivity index (χ2v) is 3.78. The Morgan fingerprint density at radius 3 is 2.62 bits per heavy atom. The standard InChI is InChI=1S/C10H14ClF2N3/c1-3-4-8-15-9(11)6(2)10(16-8)14-5-7(12)13/h7H,3-5H2,1-2H3,(H,14,15,16). The summed E-state index contributed by atoms with van der Waals surface area (Å²) >= 11 is 5.89. The van der Waals surface area contributed by atoms with E-state index in [1.807, 2.05) is 6.92 Å². The quantitative estimate of drug-likeness (QED) is 0.815. The molecule has 1 aromatic rings. The molecule has 1 heterocycles. The molecule has 3 nitrogen and oxygen atoms in total. The van der Waals surface area contributed by atoms with Crippen molar-refractivity contribution in [2.45, 2.75) is 33.1 Å². The predicted octanol–water partition coefficient (Wildman–Crippen LogP) is 3.07. The van der Waals surface area contributed by atoms with Gasteiger partial charge in [0.15, 0.2) is 0 Å². The lowest BCUT2D eigenvalue weighted by Gasteiger charge is -2.10. The highest BCUT2D eigenvalue weighted by molar-refractivity contribution is 6.30. The Kier molecular flexibility index (Phi) is 4.86. The number of hydrogen-bond acceptors (Lipinski definition) is 3. The molecule has 0 bridgehead atoms. The van der Waals surface area contributed by atoms with Crippen LogP contribution in [0.5, 0.6) is 0 Å². The van der Waals surface area contributed by atoms with Gasteiger partial charge in [-0.05, 0) is 13.3 Å². The molecule has 1 aromatic heterocycles. The molecule has 16 heavy (non-hydrogen) atoms. The molecule has 0 unspecified atom stereocenters. The number of halogens is 3. The molecule has 0 spiro atoms. The average Bonchev–Trinajstić information content (AvgIpc) is 2.21. The van der Waals surface area contributed by atoms with Gasteiger partial charge in [-0.3, -0.25) is 0 Å². The van der Waals surface area contributed by atoms with Gasteiger partial charge in [0.1, 0.15) is 16.8 Å². The topological polar surface area (TPSA) is 37.8 Å². The third kappa shape index (κ3) is 3.56. The van der Waals surface area contributed by atoms with Crippen molar-refractivity contribution in [1.29, 1.82) is 0 Å². The summed E-state index contributed by atoms with van der Waals surface area (Å²) in [5.74, 6) is 0.971. The van der Waals surface area contributed by atoms with Crippen molar-refractivity contribution in [3.05, 3.63) is 16.5 Å². The van der Waals surface area contributed by atoms with Crippen LogP contribution in [0.1, 0.15) is 24.7 Å². The van der Waals surface area contributed by atoms with Crippen LogP contribution in [0.4, 0.5) is 14.6 Å². The number of anilines is 1. The molecule has 0 fully saturated rings. The highest BCUT2D eigenvalue weighted by atomic mass is 35.5. The van der Waals surface area contributed by atoms with Gasteiger partial charge in [0.2, 0.25) is 0 Å². The highest BCUT2D eigenvalue weighted by Gasteiger charge is 2.10. The Balaban J connectivity index is 2.88. The van der Waals surface area contributed by atoms with E-state index in [1.165, 1.54) is 0 Å². The van der Waals surface area contributed by atoms with E-state index in [4.69, 9.17) is 11.6 Å². The van der Waals surface area contributed by atoms with Gasteiger partial charge < -0.3 is 5.32 Å². The Labute approximate surface area is 98.2 Å². The minimum Gasteiger partial charge on any atom is -0.364 e. The molecule has 0 saturated heterocycles. The molecule has 0 aromatic carbocycles. The zero-order valence-electron chi connectivity index (χ0n) is 9.23. The fourth-order valence-electron chi connectivity index (χ4n) is 1.21. The van der Waals surface area contributed by atoms with Gasteiger partial charge in [-0.25, -0.2) is 18.7 Å². The molecule has 0 aliphatic rings. The van der Waals surface area contributed by atoms with Gasteiger partial charge >= 0.3 is 0 Å². The van der Waals surface area contributed by atoms with Crippen LogP contribution in [0, 0.1) is 6.92 Å². The highest BCUT2D eigenvalue weighted by Crippen LogP contribution is 2.20. The van der Waals surface area contributed by atoms with Crippen molar-refractivity contribution in [2.24, 2.45) is 0 Å². The molecule has 1 rings (SSSR count).